The van der Waals surface area contributed by atoms with Gasteiger partial charge in [-0.1, -0.05) is 11.6 Å². The molecule has 0 radical (unpaired) electrons. The molecule has 2 saturated heterocycles. The van der Waals surface area contributed by atoms with Gasteiger partial charge < -0.3 is 10.2 Å². The van der Waals surface area contributed by atoms with Gasteiger partial charge in [-0.05, 0) is 38.6 Å². The first kappa shape index (κ1) is 12.9. The van der Waals surface area contributed by atoms with Crippen LogP contribution < -0.4 is 10.9 Å². The molecule has 0 amide bonds. The number of halogens is 1. The maximum Gasteiger partial charge on any atom is 0.285 e. The van der Waals surface area contributed by atoms with Gasteiger partial charge in [0.1, 0.15) is 5.02 Å². The van der Waals surface area contributed by atoms with Crippen molar-refractivity contribution in [3.8, 4) is 0 Å². The van der Waals surface area contributed by atoms with Crippen LogP contribution in [-0.4, -0.2) is 40.8 Å². The SMILES string of the molecule is CN1C2CCC1CC(CNc1cn[nH]c(=O)c1Cl)C2. The van der Waals surface area contributed by atoms with Crippen LogP contribution in [0.25, 0.3) is 0 Å². The number of aromatic amines is 1. The molecular formula is C13H19ClN4O. The molecule has 19 heavy (non-hydrogen) atoms. The molecule has 0 spiro atoms. The lowest BCUT2D eigenvalue weighted by Gasteiger charge is -2.36. The van der Waals surface area contributed by atoms with Gasteiger partial charge in [0.25, 0.3) is 5.56 Å². The monoisotopic (exact) mass is 282 g/mol. The minimum Gasteiger partial charge on any atom is -0.382 e. The molecule has 2 fully saturated rings. The van der Waals surface area contributed by atoms with Gasteiger partial charge in [-0.2, -0.15) is 5.10 Å². The van der Waals surface area contributed by atoms with E-state index in [-0.39, 0.29) is 10.6 Å². The summed E-state index contributed by atoms with van der Waals surface area (Å²) < 4.78 is 0. The highest BCUT2D eigenvalue weighted by Gasteiger charge is 2.38. The topological polar surface area (TPSA) is 61.0 Å². The van der Waals surface area contributed by atoms with E-state index in [9.17, 15) is 4.79 Å². The van der Waals surface area contributed by atoms with Crippen molar-refractivity contribution in [2.75, 3.05) is 18.9 Å². The van der Waals surface area contributed by atoms with Gasteiger partial charge in [-0.25, -0.2) is 5.10 Å². The summed E-state index contributed by atoms with van der Waals surface area (Å²) in [6.07, 6.45) is 6.69. The van der Waals surface area contributed by atoms with Gasteiger partial charge in [-0.15, -0.1) is 0 Å². The number of fused-ring (bicyclic) bond motifs is 2. The quantitative estimate of drug-likeness (QED) is 0.886. The Balaban J connectivity index is 1.61. The Morgan fingerprint density at radius 1 is 1.47 bits per heavy atom. The lowest BCUT2D eigenvalue weighted by molar-refractivity contribution is 0.139. The molecule has 0 aliphatic carbocycles. The molecule has 0 saturated carbocycles. The van der Waals surface area contributed by atoms with Gasteiger partial charge in [0.15, 0.2) is 0 Å². The molecular weight excluding hydrogens is 264 g/mol. The Morgan fingerprint density at radius 3 is 2.84 bits per heavy atom. The second-order valence-electron chi connectivity index (χ2n) is 5.70. The second kappa shape index (κ2) is 5.13. The fourth-order valence-corrected chi connectivity index (χ4v) is 3.61. The van der Waals surface area contributed by atoms with E-state index in [1.807, 2.05) is 0 Å². The number of piperidine rings is 1. The number of hydrogen-bond acceptors (Lipinski definition) is 4. The normalized spacial score (nSPS) is 30.5. The van der Waals surface area contributed by atoms with E-state index in [2.05, 4.69) is 27.5 Å². The number of hydrogen-bond donors (Lipinski definition) is 2. The Hall–Kier alpha value is -1.07. The predicted molar refractivity (Wildman–Crippen MR) is 75.7 cm³/mol. The van der Waals surface area contributed by atoms with Gasteiger partial charge in [0.05, 0.1) is 11.9 Å². The van der Waals surface area contributed by atoms with Crippen LogP contribution in [0.4, 0.5) is 5.69 Å². The van der Waals surface area contributed by atoms with Crippen molar-refractivity contribution in [3.63, 3.8) is 0 Å². The fraction of sp³-hybridized carbons (Fsp3) is 0.692. The summed E-state index contributed by atoms with van der Waals surface area (Å²) in [6.45, 7) is 0.867. The molecule has 2 unspecified atom stereocenters. The average Bonchev–Trinajstić information content (AvgIpc) is 2.64. The minimum absolute atomic E-state index is 0.200. The van der Waals surface area contributed by atoms with Crippen molar-refractivity contribution in [2.24, 2.45) is 5.92 Å². The maximum atomic E-state index is 11.4. The molecule has 5 nitrogen and oxygen atoms in total. The van der Waals surface area contributed by atoms with E-state index in [1.165, 1.54) is 25.7 Å². The zero-order chi connectivity index (χ0) is 13.4. The molecule has 0 aromatic carbocycles. The Morgan fingerprint density at radius 2 is 2.16 bits per heavy atom. The van der Waals surface area contributed by atoms with E-state index in [0.717, 1.165) is 18.6 Å². The number of H-pyrrole nitrogens is 1. The number of anilines is 1. The summed E-state index contributed by atoms with van der Waals surface area (Å²) in [5.41, 5.74) is 0.298. The van der Waals surface area contributed by atoms with E-state index < -0.39 is 0 Å². The first-order valence-corrected chi connectivity index (χ1v) is 7.22. The number of aromatic nitrogens is 2. The van der Waals surface area contributed by atoms with E-state index in [4.69, 9.17) is 11.6 Å². The molecule has 2 aliphatic heterocycles. The molecule has 2 bridgehead atoms. The summed E-state index contributed by atoms with van der Waals surface area (Å²) in [7, 11) is 2.24. The van der Waals surface area contributed by atoms with Crippen molar-refractivity contribution in [2.45, 2.75) is 37.8 Å². The van der Waals surface area contributed by atoms with Gasteiger partial charge in [-0.3, -0.25) is 4.79 Å². The lowest BCUT2D eigenvalue weighted by atomic mass is 9.91. The highest BCUT2D eigenvalue weighted by molar-refractivity contribution is 6.32. The van der Waals surface area contributed by atoms with E-state index in [1.54, 1.807) is 6.20 Å². The summed E-state index contributed by atoms with van der Waals surface area (Å²) in [6, 6.07) is 1.47. The smallest absolute Gasteiger partial charge is 0.285 e. The Kier molecular flexibility index (Phi) is 3.50. The summed E-state index contributed by atoms with van der Waals surface area (Å²) >= 11 is 5.95. The standard InChI is InChI=1S/C13H19ClN4O/c1-18-9-2-3-10(18)5-8(4-9)6-15-11-7-16-17-13(19)12(11)14/h7-10H,2-6H2,1H3,(H2,15,17,19). The first-order chi connectivity index (χ1) is 9.15. The number of nitrogens with zero attached hydrogens (tertiary/aromatic N) is 2. The van der Waals surface area contributed by atoms with Crippen molar-refractivity contribution in [1.29, 1.82) is 0 Å². The van der Waals surface area contributed by atoms with Crippen LogP contribution in [-0.2, 0) is 0 Å². The molecule has 2 aliphatic rings. The van der Waals surface area contributed by atoms with Gasteiger partial charge in [0.2, 0.25) is 0 Å². The minimum atomic E-state index is -0.338. The van der Waals surface area contributed by atoms with Crippen LogP contribution in [0.5, 0.6) is 0 Å². The van der Waals surface area contributed by atoms with Crippen molar-refractivity contribution >= 4 is 17.3 Å². The lowest BCUT2D eigenvalue weighted by Crippen LogP contribution is -2.41. The second-order valence-corrected chi connectivity index (χ2v) is 6.07. The third-order valence-electron chi connectivity index (χ3n) is 4.57. The average molecular weight is 283 g/mol. The third kappa shape index (κ3) is 2.49. The van der Waals surface area contributed by atoms with Gasteiger partial charge in [0, 0.05) is 18.6 Å². The fourth-order valence-electron chi connectivity index (χ4n) is 3.45. The van der Waals surface area contributed by atoms with Crippen LogP contribution in [0, 0.1) is 5.92 Å². The van der Waals surface area contributed by atoms with E-state index >= 15 is 0 Å². The van der Waals surface area contributed by atoms with Crippen LogP contribution in [0.3, 0.4) is 0 Å². The summed E-state index contributed by atoms with van der Waals surface area (Å²) in [5.74, 6) is 0.657. The number of nitrogens with one attached hydrogen (secondary N) is 2. The first-order valence-electron chi connectivity index (χ1n) is 6.84. The van der Waals surface area contributed by atoms with Crippen LogP contribution in [0.2, 0.25) is 5.02 Å². The molecule has 3 heterocycles. The molecule has 2 N–H and O–H groups in total. The molecule has 3 rings (SSSR count). The highest BCUT2D eigenvalue weighted by Crippen LogP contribution is 2.37. The van der Waals surface area contributed by atoms with E-state index in [0.29, 0.717) is 11.6 Å². The predicted octanol–water partition coefficient (Wildman–Crippen LogP) is 1.71. The van der Waals surface area contributed by atoms with Crippen molar-refractivity contribution in [1.82, 2.24) is 15.1 Å². The summed E-state index contributed by atoms with van der Waals surface area (Å²) in [5, 5.41) is 9.57. The van der Waals surface area contributed by atoms with Gasteiger partial charge >= 0.3 is 0 Å². The van der Waals surface area contributed by atoms with Crippen LogP contribution >= 0.6 is 11.6 Å². The molecule has 104 valence electrons. The highest BCUT2D eigenvalue weighted by atomic mass is 35.5. The van der Waals surface area contributed by atoms with Crippen LogP contribution in [0.1, 0.15) is 25.7 Å². The number of rotatable bonds is 3. The maximum absolute atomic E-state index is 11.4. The van der Waals surface area contributed by atoms with Crippen LogP contribution in [0.15, 0.2) is 11.0 Å². The zero-order valence-corrected chi connectivity index (χ0v) is 11.8. The van der Waals surface area contributed by atoms with Crippen molar-refractivity contribution in [3.05, 3.63) is 21.6 Å². The zero-order valence-electron chi connectivity index (χ0n) is 11.0. The van der Waals surface area contributed by atoms with Crippen molar-refractivity contribution < 1.29 is 0 Å². The largest absolute Gasteiger partial charge is 0.382 e. The third-order valence-corrected chi connectivity index (χ3v) is 4.95. The Labute approximate surface area is 117 Å². The molecule has 6 heteroatoms. The molecule has 1 aromatic rings. The molecule has 1 aromatic heterocycles. The Bertz CT molecular complexity index is 504. The summed E-state index contributed by atoms with van der Waals surface area (Å²) in [4.78, 5) is 13.9. The molecule has 2 atom stereocenters.